The summed E-state index contributed by atoms with van der Waals surface area (Å²) in [6, 6.07) is 16.2. The minimum absolute atomic E-state index is 0.0177. The minimum Gasteiger partial charge on any atom is -0.489 e. The van der Waals surface area contributed by atoms with E-state index in [2.05, 4.69) is 11.4 Å². The van der Waals surface area contributed by atoms with Crippen LogP contribution in [0.15, 0.2) is 48.5 Å². The van der Waals surface area contributed by atoms with Crippen LogP contribution in [0.3, 0.4) is 0 Å². The van der Waals surface area contributed by atoms with Crippen molar-refractivity contribution in [3.8, 4) is 11.8 Å². The molecule has 140 valence electrons. The number of benzene rings is 2. The van der Waals surface area contributed by atoms with Gasteiger partial charge in [-0.1, -0.05) is 24.3 Å². The Hall–Kier alpha value is -3.33. The lowest BCUT2D eigenvalue weighted by Gasteiger charge is -2.20. The number of amides is 2. The van der Waals surface area contributed by atoms with Crippen molar-refractivity contribution < 1.29 is 14.3 Å². The van der Waals surface area contributed by atoms with E-state index < -0.39 is 0 Å². The van der Waals surface area contributed by atoms with Crippen LogP contribution in [-0.2, 0) is 11.4 Å². The zero-order chi connectivity index (χ0) is 19.6. The van der Waals surface area contributed by atoms with Crippen LogP contribution in [0.25, 0.3) is 0 Å². The molecule has 0 fully saturated rings. The second kappa shape index (κ2) is 9.97. The van der Waals surface area contributed by atoms with Gasteiger partial charge >= 0.3 is 0 Å². The second-order valence-electron chi connectivity index (χ2n) is 5.86. The van der Waals surface area contributed by atoms with Crippen molar-refractivity contribution in [3.63, 3.8) is 0 Å². The molecule has 6 nitrogen and oxygen atoms in total. The molecule has 27 heavy (non-hydrogen) atoms. The Morgan fingerprint density at radius 1 is 1.15 bits per heavy atom. The molecule has 0 aliphatic heterocycles. The quantitative estimate of drug-likeness (QED) is 0.780. The van der Waals surface area contributed by atoms with Gasteiger partial charge in [0.2, 0.25) is 5.91 Å². The summed E-state index contributed by atoms with van der Waals surface area (Å²) in [5, 5.41) is 11.8. The fraction of sp³-hybridized carbons (Fsp3) is 0.286. The van der Waals surface area contributed by atoms with E-state index in [1.165, 1.54) is 4.90 Å². The van der Waals surface area contributed by atoms with Crippen molar-refractivity contribution in [2.45, 2.75) is 20.5 Å². The minimum atomic E-state index is -0.230. The van der Waals surface area contributed by atoms with Gasteiger partial charge in [-0.3, -0.25) is 9.59 Å². The largest absolute Gasteiger partial charge is 0.489 e. The standard InChI is InChI=1S/C21H23N3O3/c1-3-23-20(25)14-24(4-2)21(26)16-10-7-11-19(12-16)27-15-18-9-6-5-8-17(18)13-22/h5-12H,3-4,14-15H2,1-2H3,(H,23,25). The van der Waals surface area contributed by atoms with Crippen LogP contribution in [0.4, 0.5) is 0 Å². The van der Waals surface area contributed by atoms with E-state index in [-0.39, 0.29) is 25.0 Å². The molecule has 2 aromatic carbocycles. The van der Waals surface area contributed by atoms with Crippen LogP contribution in [0, 0.1) is 11.3 Å². The Labute approximate surface area is 159 Å². The normalized spacial score (nSPS) is 9.96. The molecule has 0 spiro atoms. The molecule has 6 heteroatoms. The highest BCUT2D eigenvalue weighted by atomic mass is 16.5. The first-order valence-corrected chi connectivity index (χ1v) is 8.85. The van der Waals surface area contributed by atoms with Gasteiger partial charge in [-0.25, -0.2) is 0 Å². The van der Waals surface area contributed by atoms with E-state index in [0.29, 0.717) is 30.0 Å². The Kier molecular flexibility index (Phi) is 7.38. The van der Waals surface area contributed by atoms with Crippen molar-refractivity contribution in [2.24, 2.45) is 0 Å². The first kappa shape index (κ1) is 20.0. The van der Waals surface area contributed by atoms with Gasteiger partial charge in [-0.2, -0.15) is 5.26 Å². The number of ether oxygens (including phenoxy) is 1. The lowest BCUT2D eigenvalue weighted by Crippen LogP contribution is -2.40. The molecule has 0 radical (unpaired) electrons. The Bertz CT molecular complexity index is 843. The summed E-state index contributed by atoms with van der Waals surface area (Å²) in [5.41, 5.74) is 1.79. The molecule has 0 atom stereocenters. The van der Waals surface area contributed by atoms with Gasteiger partial charge in [0, 0.05) is 24.2 Å². The Morgan fingerprint density at radius 2 is 1.93 bits per heavy atom. The van der Waals surface area contributed by atoms with Gasteiger partial charge in [0.05, 0.1) is 18.2 Å². The van der Waals surface area contributed by atoms with Gasteiger partial charge in [0.15, 0.2) is 0 Å². The molecule has 0 heterocycles. The average molecular weight is 365 g/mol. The smallest absolute Gasteiger partial charge is 0.254 e. The molecule has 0 bridgehead atoms. The van der Waals surface area contributed by atoms with Crippen molar-refractivity contribution in [1.29, 1.82) is 5.26 Å². The summed E-state index contributed by atoms with van der Waals surface area (Å²) >= 11 is 0. The predicted octanol–water partition coefficient (Wildman–Crippen LogP) is 2.74. The summed E-state index contributed by atoms with van der Waals surface area (Å²) in [6.45, 7) is 4.87. The van der Waals surface area contributed by atoms with Crippen molar-refractivity contribution >= 4 is 11.8 Å². The lowest BCUT2D eigenvalue weighted by atomic mass is 10.1. The maximum Gasteiger partial charge on any atom is 0.254 e. The molecular weight excluding hydrogens is 342 g/mol. The molecule has 0 aliphatic rings. The number of hydrogen-bond donors (Lipinski definition) is 1. The topological polar surface area (TPSA) is 82.4 Å². The third kappa shape index (κ3) is 5.58. The third-order valence-corrected chi connectivity index (χ3v) is 3.99. The molecule has 0 unspecified atom stereocenters. The zero-order valence-electron chi connectivity index (χ0n) is 15.6. The summed E-state index contributed by atoms with van der Waals surface area (Å²) in [7, 11) is 0. The van der Waals surface area contributed by atoms with Crippen molar-refractivity contribution in [3.05, 3.63) is 65.2 Å². The summed E-state index contributed by atoms with van der Waals surface area (Å²) in [5.74, 6) is 0.113. The highest BCUT2D eigenvalue weighted by molar-refractivity contribution is 5.96. The first-order chi connectivity index (χ1) is 13.1. The van der Waals surface area contributed by atoms with Crippen molar-refractivity contribution in [2.75, 3.05) is 19.6 Å². The SMILES string of the molecule is CCNC(=O)CN(CC)C(=O)c1cccc(OCc2ccccc2C#N)c1. The highest BCUT2D eigenvalue weighted by Crippen LogP contribution is 2.18. The van der Waals surface area contributed by atoms with Gasteiger partial charge in [-0.05, 0) is 38.1 Å². The van der Waals surface area contributed by atoms with Crippen LogP contribution in [0.5, 0.6) is 5.75 Å². The molecule has 0 saturated carbocycles. The van der Waals surface area contributed by atoms with Crippen LogP contribution >= 0.6 is 0 Å². The second-order valence-corrected chi connectivity index (χ2v) is 5.86. The fourth-order valence-corrected chi connectivity index (χ4v) is 2.57. The highest BCUT2D eigenvalue weighted by Gasteiger charge is 2.17. The Morgan fingerprint density at radius 3 is 2.63 bits per heavy atom. The van der Waals surface area contributed by atoms with Gasteiger partial charge < -0.3 is 15.0 Å². The van der Waals surface area contributed by atoms with E-state index in [1.807, 2.05) is 26.0 Å². The van der Waals surface area contributed by atoms with E-state index in [4.69, 9.17) is 10.00 Å². The maximum atomic E-state index is 12.7. The summed E-state index contributed by atoms with van der Waals surface area (Å²) in [4.78, 5) is 25.9. The van der Waals surface area contributed by atoms with Gasteiger partial charge in [-0.15, -0.1) is 0 Å². The van der Waals surface area contributed by atoms with E-state index >= 15 is 0 Å². The summed E-state index contributed by atoms with van der Waals surface area (Å²) in [6.07, 6.45) is 0. The number of nitrogens with zero attached hydrogens (tertiary/aromatic N) is 2. The molecule has 2 amide bonds. The Balaban J connectivity index is 2.08. The molecule has 0 aliphatic carbocycles. The zero-order valence-corrected chi connectivity index (χ0v) is 15.6. The van der Waals surface area contributed by atoms with E-state index in [9.17, 15) is 9.59 Å². The number of nitriles is 1. The third-order valence-electron chi connectivity index (χ3n) is 3.99. The number of carbonyl (C=O) groups is 2. The maximum absolute atomic E-state index is 12.7. The van der Waals surface area contributed by atoms with E-state index in [1.54, 1.807) is 36.4 Å². The molecule has 2 rings (SSSR count). The number of carbonyl (C=O) groups excluding carboxylic acids is 2. The molecule has 0 saturated heterocycles. The predicted molar refractivity (Wildman–Crippen MR) is 102 cm³/mol. The van der Waals surface area contributed by atoms with Gasteiger partial charge in [0.25, 0.3) is 5.91 Å². The number of hydrogen-bond acceptors (Lipinski definition) is 4. The number of likely N-dealkylation sites (N-methyl/N-ethyl adjacent to an activating group) is 2. The van der Waals surface area contributed by atoms with Crippen LogP contribution in [0.2, 0.25) is 0 Å². The molecule has 0 aromatic heterocycles. The number of nitrogens with one attached hydrogen (secondary N) is 1. The lowest BCUT2D eigenvalue weighted by molar-refractivity contribution is -0.121. The molecule has 1 N–H and O–H groups in total. The fourth-order valence-electron chi connectivity index (χ4n) is 2.57. The van der Waals surface area contributed by atoms with E-state index in [0.717, 1.165) is 5.56 Å². The average Bonchev–Trinajstić information content (AvgIpc) is 2.70. The summed E-state index contributed by atoms with van der Waals surface area (Å²) < 4.78 is 5.76. The molecular formula is C21H23N3O3. The van der Waals surface area contributed by atoms with Crippen molar-refractivity contribution in [1.82, 2.24) is 10.2 Å². The first-order valence-electron chi connectivity index (χ1n) is 8.85. The van der Waals surface area contributed by atoms with Crippen LogP contribution in [-0.4, -0.2) is 36.3 Å². The molecule has 2 aromatic rings. The number of rotatable bonds is 8. The van der Waals surface area contributed by atoms with Crippen LogP contribution < -0.4 is 10.1 Å². The van der Waals surface area contributed by atoms with Gasteiger partial charge in [0.1, 0.15) is 12.4 Å². The van der Waals surface area contributed by atoms with Crippen LogP contribution in [0.1, 0.15) is 35.3 Å². The monoisotopic (exact) mass is 365 g/mol.